The largest absolute Gasteiger partial charge is 3.00 e. The van der Waals surface area contributed by atoms with Gasteiger partial charge in [-0.3, -0.25) is 0 Å². The third kappa shape index (κ3) is 24.1. The summed E-state index contributed by atoms with van der Waals surface area (Å²) in [5, 5.41) is 2.74. The van der Waals surface area contributed by atoms with E-state index in [1.807, 2.05) is 111 Å². The summed E-state index contributed by atoms with van der Waals surface area (Å²) in [7, 11) is -5.76. The van der Waals surface area contributed by atoms with Gasteiger partial charge in [0.2, 0.25) is 0 Å². The molecule has 3 aromatic heterocycles. The van der Waals surface area contributed by atoms with E-state index in [0.717, 1.165) is 157 Å². The van der Waals surface area contributed by atoms with Crippen LogP contribution < -0.4 is 52.3 Å². The molecule has 4 aromatic carbocycles. The molecule has 0 saturated carbocycles. The Morgan fingerprint density at radius 1 is 0.248 bits per heavy atom. The SMILES string of the molecule is CCCCOc1ccc(OCCCC)c2c1-c1nc-2nc2[nH]c(nc3nc(nc4[nH]c(n1)c1c(OCCCC)ccc(OCCCC)c41)-c1c(OCCCC)ccc(OCCCC)c1-3)c1c(OCCCC)ccc(OCCCC)c21.CC[Si]([O-])(CC)CC.CC[Si]([O-])(CC)CC.CC[Si]([O-])(CC)CC.[Al+3]. The average Bonchev–Trinajstić information content (AvgIpc) is 1.58. The number of fused-ring (bicyclic) bond motifs is 20. The van der Waals surface area contributed by atoms with Crippen molar-refractivity contribution < 1.29 is 52.3 Å². The summed E-state index contributed by atoms with van der Waals surface area (Å²) in [6, 6.07) is 23.8. The standard InChI is InChI=1S/C64H82N8O8.3C6H15OSi.Al/c1-9-17-33-73-41-25-26-42(74-34-18-10-2)50-49(41)57-65-58(50)70-60-53-45(77-37-21-13-5)29-30-46(78-38-22-14-6)54(53)62(67-60)72-64-56-48(80-40-24-16-8)32-31-47(79-39-23-15-7)55(56)63(68-64)71-61-52-44(76-36-20-12-4)28-27-43(75-35-19-11-3)51(52)59(66-61)69-57;3*1-4-8(7,5-2)6-3;/h25-32H,9-24,33-40H2,1-8H3,(H2,65,66,67,68,69,70,71,72);3*4-6H2,1-3H3;/q;3*-1;+3. The van der Waals surface area contributed by atoms with Crippen molar-refractivity contribution in [2.24, 2.45) is 0 Å². The van der Waals surface area contributed by atoms with Crippen molar-refractivity contribution in [1.29, 1.82) is 0 Å². The zero-order chi connectivity index (χ0) is 75.7. The van der Waals surface area contributed by atoms with Gasteiger partial charge in [0.15, 0.2) is 23.3 Å². The van der Waals surface area contributed by atoms with Gasteiger partial charge in [0.25, 0.3) is 0 Å². The molecule has 5 heterocycles. The number of hydrogen-bond donors (Lipinski definition) is 2. The number of ether oxygens (including phenoxy) is 8. The molecule has 0 atom stereocenters. The molecule has 23 heteroatoms. The maximum Gasteiger partial charge on any atom is 3.00 e. The summed E-state index contributed by atoms with van der Waals surface area (Å²) >= 11 is 0. The third-order valence-corrected chi connectivity index (χ3v) is 31.6. The maximum absolute atomic E-state index is 11.3. The Bertz CT molecular complexity index is 3420. The van der Waals surface area contributed by atoms with Gasteiger partial charge in [-0.1, -0.05) is 223 Å². The summed E-state index contributed by atoms with van der Waals surface area (Å²) in [6.07, 6.45) is 14.5. The predicted molar refractivity (Wildman–Crippen MR) is 437 cm³/mol. The van der Waals surface area contributed by atoms with Gasteiger partial charge in [-0.15, -0.1) is 0 Å². The molecule has 9 rings (SSSR count). The van der Waals surface area contributed by atoms with E-state index in [9.17, 15) is 14.4 Å². The van der Waals surface area contributed by atoms with Crippen molar-refractivity contribution in [1.82, 2.24) is 39.9 Å². The first kappa shape index (κ1) is 89.3. The second-order valence-corrected chi connectivity index (χ2v) is 40.7. The first-order valence-electron chi connectivity index (χ1n) is 40.1. The summed E-state index contributed by atoms with van der Waals surface area (Å²) in [6.45, 7) is 39.3. The van der Waals surface area contributed by atoms with E-state index in [4.69, 9.17) is 67.8 Å². The minimum atomic E-state index is -1.92. The van der Waals surface area contributed by atoms with Crippen LogP contribution >= 0.6 is 0 Å². The van der Waals surface area contributed by atoms with E-state index in [1.54, 1.807) is 0 Å². The Morgan fingerprint density at radius 2 is 0.400 bits per heavy atom. The van der Waals surface area contributed by atoms with Crippen LogP contribution in [0.15, 0.2) is 48.5 Å². The molecular formula is C82H127AlN8O11Si3. The molecule has 2 N–H and O–H groups in total. The van der Waals surface area contributed by atoms with Gasteiger partial charge in [0, 0.05) is 0 Å². The van der Waals surface area contributed by atoms with Gasteiger partial charge in [0.1, 0.15) is 68.6 Å². The van der Waals surface area contributed by atoms with Crippen LogP contribution in [0.3, 0.4) is 0 Å². The number of rotatable bonds is 41. The van der Waals surface area contributed by atoms with Crippen molar-refractivity contribution in [3.8, 4) is 91.5 Å². The first-order chi connectivity index (χ1) is 50.4. The van der Waals surface area contributed by atoms with Crippen LogP contribution in [0.25, 0.3) is 89.7 Å². The molecule has 2 aliphatic heterocycles. The van der Waals surface area contributed by atoms with Crippen molar-refractivity contribution in [2.45, 2.75) is 275 Å². The molecule has 0 fully saturated rings. The number of benzene rings is 4. The molecule has 0 saturated heterocycles. The summed E-state index contributed by atoms with van der Waals surface area (Å²) < 4.78 is 53.6. The smallest absolute Gasteiger partial charge is 0.858 e. The van der Waals surface area contributed by atoms with Crippen LogP contribution in [-0.4, -0.2) is 135 Å². The fourth-order valence-corrected chi connectivity index (χ4v) is 16.4. The zero-order valence-corrected chi connectivity index (χ0v) is 71.4. The van der Waals surface area contributed by atoms with Crippen LogP contribution in [0, 0.1) is 0 Å². The number of aromatic nitrogens is 8. The molecule has 0 amide bonds. The first-order valence-corrected chi connectivity index (χ1v) is 47.7. The third-order valence-electron chi connectivity index (χ3n) is 20.0. The Labute approximate surface area is 642 Å². The molecule has 0 aliphatic carbocycles. The number of unbranched alkanes of at least 4 members (excludes halogenated alkanes) is 8. The molecule has 8 bridgehead atoms. The Morgan fingerprint density at radius 3 is 0.543 bits per heavy atom. The fourth-order valence-electron chi connectivity index (χ4n) is 11.9. The molecule has 2 aliphatic rings. The van der Waals surface area contributed by atoms with Crippen molar-refractivity contribution >= 4 is 86.4 Å². The minimum absolute atomic E-state index is 0. The number of nitrogens with zero attached hydrogens (tertiary/aromatic N) is 6. The van der Waals surface area contributed by atoms with E-state index in [2.05, 4.69) is 65.4 Å². The van der Waals surface area contributed by atoms with E-state index < -0.39 is 25.0 Å². The van der Waals surface area contributed by atoms with Gasteiger partial charge in [-0.25, -0.2) is 29.9 Å². The van der Waals surface area contributed by atoms with Gasteiger partial charge >= 0.3 is 17.4 Å². The van der Waals surface area contributed by atoms with Crippen LogP contribution in [0.5, 0.6) is 46.0 Å². The number of nitrogens with one attached hydrogen (secondary N) is 2. The Balaban J connectivity index is 0.000000679. The predicted octanol–water partition coefficient (Wildman–Crippen LogP) is 20.0. The van der Waals surface area contributed by atoms with Crippen molar-refractivity contribution in [3.05, 3.63) is 48.5 Å². The summed E-state index contributed by atoms with van der Waals surface area (Å²) in [5.41, 5.74) is 4.45. The van der Waals surface area contributed by atoms with Crippen LogP contribution in [0.4, 0.5) is 0 Å². The molecule has 576 valence electrons. The van der Waals surface area contributed by atoms with Gasteiger partial charge in [-0.05, 0) is 125 Å². The molecule has 19 nitrogen and oxygen atoms in total. The van der Waals surface area contributed by atoms with Crippen molar-refractivity contribution in [3.63, 3.8) is 0 Å². The number of H-pyrrole nitrogens is 2. The van der Waals surface area contributed by atoms with Crippen LogP contribution in [-0.2, 0) is 0 Å². The summed E-state index contributed by atoms with van der Waals surface area (Å²) in [4.78, 5) is 74.5. The minimum Gasteiger partial charge on any atom is -0.858 e. The molecule has 0 spiro atoms. The topological polar surface area (TPSA) is 252 Å². The molecule has 105 heavy (non-hydrogen) atoms. The van der Waals surface area contributed by atoms with Gasteiger partial charge in [0.05, 0.1) is 96.7 Å². The maximum atomic E-state index is 11.3. The Kier molecular flexibility index (Phi) is 39.3. The van der Waals surface area contributed by atoms with Crippen molar-refractivity contribution in [2.75, 3.05) is 52.9 Å². The van der Waals surface area contributed by atoms with E-state index in [1.165, 1.54) is 0 Å². The van der Waals surface area contributed by atoms with Gasteiger partial charge < -0.3 is 62.2 Å². The normalized spacial score (nSPS) is 11.7. The number of aromatic amines is 2. The van der Waals surface area contributed by atoms with Crippen LogP contribution in [0.2, 0.25) is 54.4 Å². The second-order valence-electron chi connectivity index (χ2n) is 27.2. The van der Waals surface area contributed by atoms with Gasteiger partial charge in [-0.2, -0.15) is 0 Å². The zero-order valence-electron chi connectivity index (χ0n) is 67.2. The van der Waals surface area contributed by atoms with Crippen LogP contribution in [0.1, 0.15) is 220 Å². The molecule has 7 aromatic rings. The molecule has 0 radical (unpaired) electrons. The monoisotopic (exact) mass is 1510 g/mol. The second kappa shape index (κ2) is 46.2. The number of hydrogen-bond acceptors (Lipinski definition) is 17. The average molecular weight is 1510 g/mol. The van der Waals surface area contributed by atoms with E-state index in [0.29, 0.717) is 189 Å². The quantitative estimate of drug-likeness (QED) is 0.0267. The fraction of sp³-hybridized carbons (Fsp3) is 0.610. The molecular weight excluding hydrogens is 1380 g/mol. The Hall–Kier alpha value is -6.30. The van der Waals surface area contributed by atoms with E-state index >= 15 is 0 Å². The van der Waals surface area contributed by atoms with E-state index in [-0.39, 0.29) is 17.4 Å². The summed E-state index contributed by atoms with van der Waals surface area (Å²) in [5.74, 6) is 6.41. The molecule has 0 unspecified atom stereocenters.